The summed E-state index contributed by atoms with van der Waals surface area (Å²) in [5, 5.41) is 5.96. The molecule has 0 aliphatic heterocycles. The molecule has 2 N–H and O–H groups in total. The Labute approximate surface area is 154 Å². The predicted molar refractivity (Wildman–Crippen MR) is 101 cm³/mol. The van der Waals surface area contributed by atoms with Gasteiger partial charge in [0.1, 0.15) is 0 Å². The minimum absolute atomic E-state index is 0.213. The van der Waals surface area contributed by atoms with Gasteiger partial charge in [0.25, 0.3) is 5.91 Å². The number of hydrogen-bond acceptors (Lipinski definition) is 2. The van der Waals surface area contributed by atoms with Gasteiger partial charge in [0.05, 0.1) is 16.9 Å². The molecule has 0 fully saturated rings. The lowest BCUT2D eigenvalue weighted by Gasteiger charge is -2.13. The molecule has 0 aliphatic rings. The van der Waals surface area contributed by atoms with E-state index in [2.05, 4.69) is 49.2 Å². The van der Waals surface area contributed by atoms with Gasteiger partial charge in [-0.3, -0.25) is 9.59 Å². The number of carbonyl (C=O) groups is 2. The van der Waals surface area contributed by atoms with Crippen molar-refractivity contribution in [1.29, 1.82) is 0 Å². The van der Waals surface area contributed by atoms with Crippen LogP contribution in [-0.4, -0.2) is 11.8 Å². The molecule has 2 aromatic carbocycles. The molecule has 0 atom stereocenters. The third-order valence-electron chi connectivity index (χ3n) is 2.71. The molecule has 7 heteroatoms. The highest BCUT2D eigenvalue weighted by atomic mass is 127. The zero-order chi connectivity index (χ0) is 16.3. The van der Waals surface area contributed by atoms with Crippen molar-refractivity contribution in [3.05, 3.63) is 55.0 Å². The molecule has 0 unspecified atom stereocenters. The number of benzene rings is 2. The maximum Gasteiger partial charge on any atom is 0.256 e. The number of halogens is 3. The summed E-state index contributed by atoms with van der Waals surface area (Å²) >= 11 is 11.4. The normalized spacial score (nSPS) is 10.2. The fourth-order valence-electron chi connectivity index (χ4n) is 1.78. The smallest absolute Gasteiger partial charge is 0.256 e. The first-order valence-corrected chi connectivity index (χ1v) is 8.45. The predicted octanol–water partition coefficient (Wildman–Crippen LogP) is 4.92. The van der Waals surface area contributed by atoms with Crippen LogP contribution < -0.4 is 10.6 Å². The van der Waals surface area contributed by atoms with Crippen LogP contribution in [0.15, 0.2) is 40.9 Å². The molecule has 2 amide bonds. The van der Waals surface area contributed by atoms with E-state index in [1.54, 1.807) is 36.4 Å². The summed E-state index contributed by atoms with van der Waals surface area (Å²) in [6.07, 6.45) is 0. The lowest BCUT2D eigenvalue weighted by molar-refractivity contribution is -0.114. The van der Waals surface area contributed by atoms with Crippen molar-refractivity contribution < 1.29 is 9.59 Å². The molecule has 114 valence electrons. The molecule has 0 aliphatic carbocycles. The number of rotatable bonds is 3. The Bertz CT molecular complexity index is 752. The van der Waals surface area contributed by atoms with Crippen molar-refractivity contribution in [2.45, 2.75) is 6.92 Å². The summed E-state index contributed by atoms with van der Waals surface area (Å²) in [6.45, 7) is 1.41. The highest BCUT2D eigenvalue weighted by molar-refractivity contribution is 14.1. The lowest BCUT2D eigenvalue weighted by atomic mass is 10.2. The van der Waals surface area contributed by atoms with Crippen molar-refractivity contribution in [3.63, 3.8) is 0 Å². The van der Waals surface area contributed by atoms with Crippen LogP contribution in [0.25, 0.3) is 0 Å². The van der Waals surface area contributed by atoms with E-state index in [9.17, 15) is 9.59 Å². The molecule has 0 heterocycles. The van der Waals surface area contributed by atoms with Crippen molar-refractivity contribution in [3.8, 4) is 0 Å². The third kappa shape index (κ3) is 4.44. The average molecular weight is 494 g/mol. The number of hydrogen-bond donors (Lipinski definition) is 2. The number of amides is 2. The van der Waals surface area contributed by atoms with Gasteiger partial charge in [-0.15, -0.1) is 0 Å². The van der Waals surface area contributed by atoms with Crippen molar-refractivity contribution in [2.75, 3.05) is 10.6 Å². The Morgan fingerprint density at radius 3 is 2.50 bits per heavy atom. The van der Waals surface area contributed by atoms with Gasteiger partial charge in [-0.05, 0) is 59.0 Å². The van der Waals surface area contributed by atoms with Crippen LogP contribution >= 0.6 is 50.1 Å². The van der Waals surface area contributed by atoms with Gasteiger partial charge in [-0.25, -0.2) is 0 Å². The second kappa shape index (κ2) is 7.43. The summed E-state index contributed by atoms with van der Waals surface area (Å²) in [6, 6.07) is 10.3. The van der Waals surface area contributed by atoms with Crippen LogP contribution in [0.4, 0.5) is 11.4 Å². The van der Waals surface area contributed by atoms with Gasteiger partial charge in [-0.2, -0.15) is 0 Å². The first-order chi connectivity index (χ1) is 10.4. The van der Waals surface area contributed by atoms with Crippen LogP contribution in [-0.2, 0) is 4.79 Å². The first kappa shape index (κ1) is 17.2. The molecule has 0 radical (unpaired) electrons. The van der Waals surface area contributed by atoms with Crippen LogP contribution in [0.5, 0.6) is 0 Å². The zero-order valence-electron chi connectivity index (χ0n) is 11.4. The topological polar surface area (TPSA) is 58.2 Å². The van der Waals surface area contributed by atoms with E-state index in [1.165, 1.54) is 6.92 Å². The quantitative estimate of drug-likeness (QED) is 0.597. The van der Waals surface area contributed by atoms with Crippen LogP contribution in [0, 0.1) is 3.57 Å². The fourth-order valence-corrected chi connectivity index (χ4v) is 2.89. The van der Waals surface area contributed by atoms with E-state index in [-0.39, 0.29) is 11.8 Å². The number of carbonyl (C=O) groups excluding carboxylic acids is 2. The first-order valence-electron chi connectivity index (χ1n) is 6.20. The summed E-state index contributed by atoms with van der Waals surface area (Å²) in [4.78, 5) is 23.7. The van der Waals surface area contributed by atoms with E-state index in [1.807, 2.05) is 0 Å². The fraction of sp³-hybridized carbons (Fsp3) is 0.0667. The molecule has 2 rings (SSSR count). The molecule has 2 aromatic rings. The average Bonchev–Trinajstić information content (AvgIpc) is 2.44. The van der Waals surface area contributed by atoms with Crippen molar-refractivity contribution >= 4 is 73.3 Å². The van der Waals surface area contributed by atoms with E-state index < -0.39 is 0 Å². The maximum absolute atomic E-state index is 12.4. The monoisotopic (exact) mass is 492 g/mol. The molecule has 0 spiro atoms. The van der Waals surface area contributed by atoms with Gasteiger partial charge < -0.3 is 10.6 Å². The molecule has 22 heavy (non-hydrogen) atoms. The molecular formula is C15H11BrClIN2O2. The second-order valence-electron chi connectivity index (χ2n) is 4.45. The van der Waals surface area contributed by atoms with Gasteiger partial charge in [0.2, 0.25) is 5.91 Å². The summed E-state index contributed by atoms with van der Waals surface area (Å²) in [5.41, 5.74) is 1.51. The second-order valence-corrected chi connectivity index (χ2v) is 6.96. The van der Waals surface area contributed by atoms with Crippen LogP contribution in [0.1, 0.15) is 17.3 Å². The van der Waals surface area contributed by atoms with Crippen molar-refractivity contribution in [2.24, 2.45) is 0 Å². The standard InChI is InChI=1S/C15H11BrClIN2O2/c1-8(21)19-13-5-2-9(16)6-14(13)20-15(22)11-7-10(17)3-4-12(11)18/h2-7H,1H3,(H,19,21)(H,20,22). The minimum Gasteiger partial charge on any atom is -0.325 e. The van der Waals surface area contributed by atoms with Gasteiger partial charge in [0.15, 0.2) is 0 Å². The van der Waals surface area contributed by atoms with Crippen molar-refractivity contribution in [1.82, 2.24) is 0 Å². The Hall–Kier alpha value is -1.12. The molecular weight excluding hydrogens is 482 g/mol. The summed E-state index contributed by atoms with van der Waals surface area (Å²) < 4.78 is 1.58. The lowest BCUT2D eigenvalue weighted by Crippen LogP contribution is -2.16. The third-order valence-corrected chi connectivity index (χ3v) is 4.38. The Balaban J connectivity index is 2.33. The summed E-state index contributed by atoms with van der Waals surface area (Å²) in [7, 11) is 0. The maximum atomic E-state index is 12.4. The number of anilines is 2. The van der Waals surface area contributed by atoms with Crippen LogP contribution in [0.3, 0.4) is 0 Å². The Morgan fingerprint density at radius 2 is 1.82 bits per heavy atom. The van der Waals surface area contributed by atoms with E-state index >= 15 is 0 Å². The van der Waals surface area contributed by atoms with Gasteiger partial charge in [-0.1, -0.05) is 27.5 Å². The van der Waals surface area contributed by atoms with Gasteiger partial charge >= 0.3 is 0 Å². The molecule has 0 bridgehead atoms. The molecule has 0 saturated heterocycles. The SMILES string of the molecule is CC(=O)Nc1ccc(Br)cc1NC(=O)c1cc(Cl)ccc1I. The van der Waals surface area contributed by atoms with E-state index in [4.69, 9.17) is 11.6 Å². The van der Waals surface area contributed by atoms with Crippen LogP contribution in [0.2, 0.25) is 5.02 Å². The zero-order valence-corrected chi connectivity index (χ0v) is 15.9. The van der Waals surface area contributed by atoms with E-state index in [0.717, 1.165) is 8.04 Å². The van der Waals surface area contributed by atoms with E-state index in [0.29, 0.717) is 22.0 Å². The minimum atomic E-state index is -0.295. The highest BCUT2D eigenvalue weighted by Gasteiger charge is 2.14. The largest absolute Gasteiger partial charge is 0.325 e. The molecule has 4 nitrogen and oxygen atoms in total. The Morgan fingerprint density at radius 1 is 1.09 bits per heavy atom. The highest BCUT2D eigenvalue weighted by Crippen LogP contribution is 2.27. The molecule has 0 saturated carbocycles. The molecule has 0 aromatic heterocycles. The summed E-state index contributed by atoms with van der Waals surface area (Å²) in [5.74, 6) is -0.508. The number of nitrogens with one attached hydrogen (secondary N) is 2. The Kier molecular flexibility index (Phi) is 5.82. The van der Waals surface area contributed by atoms with Gasteiger partial charge in [0, 0.05) is 20.0 Å².